The van der Waals surface area contributed by atoms with Crippen LogP contribution in [0.15, 0.2) is 24.3 Å². The van der Waals surface area contributed by atoms with Crippen molar-refractivity contribution in [2.75, 3.05) is 19.8 Å². The van der Waals surface area contributed by atoms with Crippen LogP contribution in [-0.4, -0.2) is 25.3 Å². The molecule has 1 unspecified atom stereocenters. The lowest BCUT2D eigenvalue weighted by molar-refractivity contribution is -0.108. The molecule has 0 fully saturated rings. The SMILES string of the molecule is C=C(C)C(=O)Pc1ccc(OCCCCCCC)c(OCCCCCCC)c1OCCCCCCC. The molecular weight excluding hydrogens is 467 g/mol. The molecule has 0 amide bonds. The Balaban J connectivity index is 3.02. The van der Waals surface area contributed by atoms with E-state index in [2.05, 4.69) is 27.4 Å². The van der Waals surface area contributed by atoms with Gasteiger partial charge in [0.2, 0.25) is 5.75 Å². The summed E-state index contributed by atoms with van der Waals surface area (Å²) < 4.78 is 18.9. The van der Waals surface area contributed by atoms with Crippen LogP contribution in [0.4, 0.5) is 0 Å². The summed E-state index contributed by atoms with van der Waals surface area (Å²) in [6, 6.07) is 3.94. The van der Waals surface area contributed by atoms with Gasteiger partial charge in [0, 0.05) is 5.30 Å². The van der Waals surface area contributed by atoms with Crippen molar-refractivity contribution in [3.8, 4) is 17.2 Å². The zero-order chi connectivity index (χ0) is 26.4. The molecule has 0 aliphatic carbocycles. The molecule has 0 N–H and O–H groups in total. The minimum atomic E-state index is -0.0293. The van der Waals surface area contributed by atoms with E-state index in [-0.39, 0.29) is 14.1 Å². The largest absolute Gasteiger partial charge is 0.490 e. The van der Waals surface area contributed by atoms with Gasteiger partial charge in [-0.15, -0.1) is 0 Å². The van der Waals surface area contributed by atoms with E-state index in [0.717, 1.165) is 43.2 Å². The Morgan fingerprint density at radius 2 is 1.11 bits per heavy atom. The number of benzene rings is 1. The third-order valence-electron chi connectivity index (χ3n) is 6.21. The number of unbranched alkanes of at least 4 members (excludes halogenated alkanes) is 12. The molecule has 0 aliphatic rings. The second-order valence-electron chi connectivity index (χ2n) is 9.79. The van der Waals surface area contributed by atoms with Crippen molar-refractivity contribution in [2.24, 2.45) is 0 Å². The lowest BCUT2D eigenvalue weighted by Crippen LogP contribution is -2.13. The molecule has 4 nitrogen and oxygen atoms in total. The van der Waals surface area contributed by atoms with Gasteiger partial charge in [-0.1, -0.05) is 104 Å². The third kappa shape index (κ3) is 14.3. The first kappa shape index (κ1) is 32.5. The molecule has 0 heterocycles. The Hall–Kier alpha value is -1.54. The highest BCUT2D eigenvalue weighted by molar-refractivity contribution is 7.66. The highest BCUT2D eigenvalue weighted by atomic mass is 31.1. The lowest BCUT2D eigenvalue weighted by Gasteiger charge is -2.20. The topological polar surface area (TPSA) is 44.8 Å². The number of ether oxygens (including phenoxy) is 3. The Morgan fingerprint density at radius 3 is 1.58 bits per heavy atom. The summed E-state index contributed by atoms with van der Waals surface area (Å²) in [5.41, 5.74) is 0.627. The van der Waals surface area contributed by atoms with E-state index in [1.165, 1.54) is 64.2 Å². The van der Waals surface area contributed by atoms with E-state index < -0.39 is 0 Å². The number of allylic oxidation sites excluding steroid dienone is 1. The van der Waals surface area contributed by atoms with Gasteiger partial charge in [-0.25, -0.2) is 0 Å². The second-order valence-corrected chi connectivity index (χ2v) is 11.0. The predicted molar refractivity (Wildman–Crippen MR) is 157 cm³/mol. The number of hydrogen-bond donors (Lipinski definition) is 0. The van der Waals surface area contributed by atoms with Gasteiger partial charge in [0.15, 0.2) is 17.0 Å². The zero-order valence-corrected chi connectivity index (χ0v) is 24.7. The molecule has 0 saturated carbocycles. The van der Waals surface area contributed by atoms with Crippen molar-refractivity contribution in [1.82, 2.24) is 0 Å². The van der Waals surface area contributed by atoms with E-state index in [1.54, 1.807) is 6.92 Å². The van der Waals surface area contributed by atoms with Crippen LogP contribution in [0.3, 0.4) is 0 Å². The average Bonchev–Trinajstić information content (AvgIpc) is 2.87. The first-order valence-electron chi connectivity index (χ1n) is 14.6. The van der Waals surface area contributed by atoms with Gasteiger partial charge in [-0.3, -0.25) is 4.79 Å². The molecule has 0 spiro atoms. The maximum absolute atomic E-state index is 12.6. The molecule has 0 saturated heterocycles. The molecule has 0 radical (unpaired) electrons. The first-order valence-corrected chi connectivity index (χ1v) is 15.6. The van der Waals surface area contributed by atoms with Crippen LogP contribution in [0.1, 0.15) is 124 Å². The summed E-state index contributed by atoms with van der Waals surface area (Å²) >= 11 is 0. The summed E-state index contributed by atoms with van der Waals surface area (Å²) in [5, 5.41) is 0.882. The van der Waals surface area contributed by atoms with Crippen molar-refractivity contribution in [3.63, 3.8) is 0 Å². The van der Waals surface area contributed by atoms with Crippen molar-refractivity contribution in [3.05, 3.63) is 24.3 Å². The number of carbonyl (C=O) groups is 1. The van der Waals surface area contributed by atoms with Crippen LogP contribution in [-0.2, 0) is 4.79 Å². The van der Waals surface area contributed by atoms with Gasteiger partial charge in [-0.2, -0.15) is 0 Å². The van der Waals surface area contributed by atoms with Gasteiger partial charge in [-0.05, 0) is 52.5 Å². The molecule has 206 valence electrons. The fourth-order valence-corrected chi connectivity index (χ4v) is 4.84. The van der Waals surface area contributed by atoms with E-state index in [0.29, 0.717) is 36.9 Å². The van der Waals surface area contributed by atoms with Gasteiger partial charge >= 0.3 is 0 Å². The Bertz CT molecular complexity index is 732. The van der Waals surface area contributed by atoms with E-state index in [4.69, 9.17) is 14.2 Å². The standard InChI is InChI=1S/C31H53O4P/c1-6-9-12-15-18-23-33-27-21-22-28(36-31(32)26(4)5)30(35-25-20-17-14-11-8-3)29(27)34-24-19-16-13-10-7-2/h21-22,36H,4,6-20,23-25H2,1-3,5H3. The van der Waals surface area contributed by atoms with E-state index in [1.807, 2.05) is 12.1 Å². The minimum absolute atomic E-state index is 0.0293. The molecule has 0 aliphatic heterocycles. The smallest absolute Gasteiger partial charge is 0.204 e. The highest BCUT2D eigenvalue weighted by Gasteiger charge is 2.20. The molecule has 1 aromatic rings. The fourth-order valence-electron chi connectivity index (χ4n) is 3.91. The second kappa shape index (κ2) is 21.5. The van der Waals surface area contributed by atoms with E-state index in [9.17, 15) is 4.79 Å². The maximum atomic E-state index is 12.6. The Kier molecular flexibility index (Phi) is 19.4. The van der Waals surface area contributed by atoms with Crippen LogP contribution < -0.4 is 19.5 Å². The minimum Gasteiger partial charge on any atom is -0.490 e. The summed E-state index contributed by atoms with van der Waals surface area (Å²) in [4.78, 5) is 12.6. The number of hydrogen-bond acceptors (Lipinski definition) is 4. The summed E-state index contributed by atoms with van der Waals surface area (Å²) in [6.45, 7) is 14.2. The highest BCUT2D eigenvalue weighted by Crippen LogP contribution is 2.40. The van der Waals surface area contributed by atoms with Crippen LogP contribution in [0, 0.1) is 0 Å². The Labute approximate surface area is 223 Å². The summed E-state index contributed by atoms with van der Waals surface area (Å²) in [7, 11) is -0.0293. The van der Waals surface area contributed by atoms with E-state index >= 15 is 0 Å². The summed E-state index contributed by atoms with van der Waals surface area (Å²) in [6.07, 6.45) is 17.7. The van der Waals surface area contributed by atoms with Gasteiger partial charge in [0.05, 0.1) is 19.8 Å². The molecule has 0 bridgehead atoms. The van der Waals surface area contributed by atoms with Crippen LogP contribution in [0.5, 0.6) is 17.2 Å². The summed E-state index contributed by atoms with van der Waals surface area (Å²) in [5.74, 6) is 2.10. The molecule has 1 atom stereocenters. The van der Waals surface area contributed by atoms with Gasteiger partial charge < -0.3 is 14.2 Å². The molecule has 0 aromatic heterocycles. The van der Waals surface area contributed by atoms with Gasteiger partial charge in [0.1, 0.15) is 0 Å². The molecule has 5 heteroatoms. The van der Waals surface area contributed by atoms with Crippen molar-refractivity contribution in [2.45, 2.75) is 124 Å². The zero-order valence-electron chi connectivity index (χ0n) is 23.7. The third-order valence-corrected chi connectivity index (χ3v) is 7.52. The van der Waals surface area contributed by atoms with Crippen LogP contribution in [0.25, 0.3) is 0 Å². The fraction of sp³-hybridized carbons (Fsp3) is 0.710. The van der Waals surface area contributed by atoms with Gasteiger partial charge in [0.25, 0.3) is 0 Å². The average molecular weight is 521 g/mol. The molecule has 1 rings (SSSR count). The lowest BCUT2D eigenvalue weighted by atomic mass is 10.1. The van der Waals surface area contributed by atoms with Crippen molar-refractivity contribution < 1.29 is 19.0 Å². The number of carbonyl (C=O) groups excluding carboxylic acids is 1. The van der Waals surface area contributed by atoms with Crippen LogP contribution in [0.2, 0.25) is 0 Å². The monoisotopic (exact) mass is 520 g/mol. The molecule has 36 heavy (non-hydrogen) atoms. The van der Waals surface area contributed by atoms with Crippen molar-refractivity contribution >= 4 is 19.4 Å². The first-order chi connectivity index (χ1) is 17.5. The normalized spacial score (nSPS) is 11.2. The van der Waals surface area contributed by atoms with Crippen molar-refractivity contribution in [1.29, 1.82) is 0 Å². The predicted octanol–water partition coefficient (Wildman–Crippen LogP) is 9.14. The number of rotatable bonds is 24. The van der Waals surface area contributed by atoms with Crippen LogP contribution >= 0.6 is 8.58 Å². The molecule has 1 aromatic carbocycles. The quantitative estimate of drug-likeness (QED) is 0.0774. The maximum Gasteiger partial charge on any atom is 0.204 e. The Morgan fingerprint density at radius 1 is 0.667 bits per heavy atom. The molecular formula is C31H53O4P.